The van der Waals surface area contributed by atoms with Crippen molar-refractivity contribution in [3.8, 4) is 5.75 Å². The third-order valence-electron chi connectivity index (χ3n) is 4.87. The SMILES string of the molecule is COc1ccc(NS(=O)(=O)c2ccc3oc(SCC(=O)NCC4CCCO4)nc3c2)cc1. The van der Waals surface area contributed by atoms with Gasteiger partial charge in [-0.15, -0.1) is 0 Å². The number of ether oxygens (including phenoxy) is 2. The van der Waals surface area contributed by atoms with Crippen molar-refractivity contribution in [2.75, 3.05) is 30.7 Å². The van der Waals surface area contributed by atoms with Crippen molar-refractivity contribution in [1.82, 2.24) is 10.3 Å². The molecule has 0 radical (unpaired) electrons. The monoisotopic (exact) mass is 477 g/mol. The van der Waals surface area contributed by atoms with Gasteiger partial charge in [-0.1, -0.05) is 11.8 Å². The number of methoxy groups -OCH3 is 1. The van der Waals surface area contributed by atoms with Gasteiger partial charge in [-0.2, -0.15) is 0 Å². The van der Waals surface area contributed by atoms with Crippen LogP contribution in [-0.2, 0) is 19.6 Å². The Balaban J connectivity index is 1.38. The number of carbonyl (C=O) groups is 1. The fourth-order valence-electron chi connectivity index (χ4n) is 3.20. The van der Waals surface area contributed by atoms with Gasteiger partial charge in [0.15, 0.2) is 5.58 Å². The lowest BCUT2D eigenvalue weighted by Crippen LogP contribution is -2.32. The van der Waals surface area contributed by atoms with Crippen molar-refractivity contribution in [1.29, 1.82) is 0 Å². The largest absolute Gasteiger partial charge is 0.497 e. The number of sulfonamides is 1. The van der Waals surface area contributed by atoms with Gasteiger partial charge in [0.1, 0.15) is 11.3 Å². The highest BCUT2D eigenvalue weighted by molar-refractivity contribution is 7.99. The van der Waals surface area contributed by atoms with Crippen LogP contribution in [0.2, 0.25) is 0 Å². The Kier molecular flexibility index (Phi) is 6.87. The highest BCUT2D eigenvalue weighted by atomic mass is 32.2. The van der Waals surface area contributed by atoms with Gasteiger partial charge in [0.25, 0.3) is 15.2 Å². The quantitative estimate of drug-likeness (QED) is 0.451. The van der Waals surface area contributed by atoms with Gasteiger partial charge < -0.3 is 19.2 Å². The average molecular weight is 478 g/mol. The summed E-state index contributed by atoms with van der Waals surface area (Å²) in [4.78, 5) is 16.4. The van der Waals surface area contributed by atoms with Crippen LogP contribution in [0.1, 0.15) is 12.8 Å². The third kappa shape index (κ3) is 5.53. The highest BCUT2D eigenvalue weighted by Crippen LogP contribution is 2.26. The molecule has 32 heavy (non-hydrogen) atoms. The number of benzene rings is 2. The Morgan fingerprint density at radius 2 is 2.06 bits per heavy atom. The van der Waals surface area contributed by atoms with Crippen molar-refractivity contribution >= 4 is 44.5 Å². The number of amides is 1. The Hall–Kier alpha value is -2.76. The molecule has 0 aliphatic carbocycles. The van der Waals surface area contributed by atoms with E-state index < -0.39 is 10.0 Å². The van der Waals surface area contributed by atoms with Gasteiger partial charge in [-0.05, 0) is 55.3 Å². The van der Waals surface area contributed by atoms with Crippen molar-refractivity contribution in [3.63, 3.8) is 0 Å². The van der Waals surface area contributed by atoms with Gasteiger partial charge in [0, 0.05) is 18.8 Å². The number of hydrogen-bond acceptors (Lipinski definition) is 8. The number of hydrogen-bond donors (Lipinski definition) is 2. The number of oxazole rings is 1. The van der Waals surface area contributed by atoms with Gasteiger partial charge >= 0.3 is 0 Å². The smallest absolute Gasteiger partial charge is 0.261 e. The van der Waals surface area contributed by atoms with Crippen LogP contribution in [-0.4, -0.2) is 51.4 Å². The van der Waals surface area contributed by atoms with Crippen LogP contribution in [0.4, 0.5) is 5.69 Å². The summed E-state index contributed by atoms with van der Waals surface area (Å²) in [6.07, 6.45) is 2.06. The van der Waals surface area contributed by atoms with E-state index in [0.29, 0.717) is 34.3 Å². The lowest BCUT2D eigenvalue weighted by molar-refractivity contribution is -0.119. The fourth-order valence-corrected chi connectivity index (χ4v) is 4.95. The van der Waals surface area contributed by atoms with Crippen LogP contribution in [0.25, 0.3) is 11.1 Å². The molecule has 1 fully saturated rings. The second-order valence-electron chi connectivity index (χ2n) is 7.17. The van der Waals surface area contributed by atoms with Crippen LogP contribution < -0.4 is 14.8 Å². The number of carbonyl (C=O) groups excluding carboxylic acids is 1. The molecule has 1 amide bonds. The summed E-state index contributed by atoms with van der Waals surface area (Å²) >= 11 is 1.15. The van der Waals surface area contributed by atoms with Crippen molar-refractivity contribution in [3.05, 3.63) is 42.5 Å². The summed E-state index contributed by atoms with van der Waals surface area (Å²) in [5.74, 6) is 0.631. The van der Waals surface area contributed by atoms with Crippen molar-refractivity contribution < 1.29 is 27.1 Å². The maximum Gasteiger partial charge on any atom is 0.261 e. The minimum atomic E-state index is -3.81. The van der Waals surface area contributed by atoms with E-state index in [9.17, 15) is 13.2 Å². The molecule has 0 bridgehead atoms. The zero-order valence-corrected chi connectivity index (χ0v) is 19.0. The van der Waals surface area contributed by atoms with E-state index in [4.69, 9.17) is 13.9 Å². The van der Waals surface area contributed by atoms with E-state index in [-0.39, 0.29) is 22.7 Å². The Bertz CT molecular complexity index is 1190. The van der Waals surface area contributed by atoms with E-state index in [0.717, 1.165) is 31.2 Å². The van der Waals surface area contributed by atoms with Crippen LogP contribution in [0.3, 0.4) is 0 Å². The minimum absolute atomic E-state index is 0.0555. The fraction of sp³-hybridized carbons (Fsp3) is 0.333. The highest BCUT2D eigenvalue weighted by Gasteiger charge is 2.19. The van der Waals surface area contributed by atoms with Gasteiger partial charge in [0.2, 0.25) is 5.91 Å². The topological polar surface area (TPSA) is 120 Å². The lowest BCUT2D eigenvalue weighted by atomic mass is 10.2. The molecule has 2 aromatic carbocycles. The summed E-state index contributed by atoms with van der Waals surface area (Å²) in [7, 11) is -2.27. The predicted octanol–water partition coefficient (Wildman–Crippen LogP) is 3.02. The molecule has 3 aromatic rings. The predicted molar refractivity (Wildman–Crippen MR) is 121 cm³/mol. The Labute approximate surface area is 189 Å². The first-order valence-corrected chi connectivity index (χ1v) is 12.5. The first-order chi connectivity index (χ1) is 15.4. The van der Waals surface area contributed by atoms with Crippen LogP contribution in [0.15, 0.2) is 57.0 Å². The summed E-state index contributed by atoms with van der Waals surface area (Å²) in [5.41, 5.74) is 1.25. The van der Waals surface area contributed by atoms with Gasteiger partial charge in [-0.3, -0.25) is 9.52 Å². The minimum Gasteiger partial charge on any atom is -0.497 e. The summed E-state index contributed by atoms with van der Waals surface area (Å²) in [6.45, 7) is 1.24. The molecule has 170 valence electrons. The zero-order valence-electron chi connectivity index (χ0n) is 17.4. The zero-order chi connectivity index (χ0) is 22.6. The average Bonchev–Trinajstić information content (AvgIpc) is 3.45. The third-order valence-corrected chi connectivity index (χ3v) is 7.08. The normalized spacial score (nSPS) is 16.2. The van der Waals surface area contributed by atoms with Crippen molar-refractivity contribution in [2.45, 2.75) is 29.1 Å². The molecule has 0 saturated carbocycles. The molecule has 0 spiro atoms. The first kappa shape index (κ1) is 22.4. The number of rotatable bonds is 9. The lowest BCUT2D eigenvalue weighted by Gasteiger charge is -2.09. The number of nitrogens with one attached hydrogen (secondary N) is 2. The molecule has 1 aromatic heterocycles. The van der Waals surface area contributed by atoms with Crippen LogP contribution in [0.5, 0.6) is 5.75 Å². The second kappa shape index (κ2) is 9.80. The molecule has 1 unspecified atom stereocenters. The van der Waals surface area contributed by atoms with Crippen LogP contribution in [0, 0.1) is 0 Å². The van der Waals surface area contributed by atoms with Gasteiger partial charge in [-0.25, -0.2) is 13.4 Å². The molecule has 1 saturated heterocycles. The van der Waals surface area contributed by atoms with E-state index >= 15 is 0 Å². The van der Waals surface area contributed by atoms with E-state index in [2.05, 4.69) is 15.0 Å². The summed E-state index contributed by atoms with van der Waals surface area (Å²) in [6, 6.07) is 11.0. The molecule has 1 atom stereocenters. The second-order valence-corrected chi connectivity index (χ2v) is 9.78. The molecular weight excluding hydrogens is 454 g/mol. The number of fused-ring (bicyclic) bond motifs is 1. The van der Waals surface area contributed by atoms with Crippen molar-refractivity contribution in [2.24, 2.45) is 0 Å². The Morgan fingerprint density at radius 3 is 2.78 bits per heavy atom. The summed E-state index contributed by atoms with van der Waals surface area (Å²) < 4.78 is 44.2. The van der Waals surface area contributed by atoms with E-state index in [1.165, 1.54) is 19.2 Å². The maximum atomic E-state index is 12.7. The molecule has 11 heteroatoms. The molecule has 1 aliphatic heterocycles. The molecule has 2 heterocycles. The first-order valence-electron chi connectivity index (χ1n) is 10.0. The molecule has 1 aliphatic rings. The Morgan fingerprint density at radius 1 is 1.25 bits per heavy atom. The molecule has 2 N–H and O–H groups in total. The number of anilines is 1. The number of thioether (sulfide) groups is 1. The standard InChI is InChI=1S/C21H23N3O6S2/c1-28-15-6-4-14(5-7-15)24-32(26,27)17-8-9-19-18(11-17)23-21(30-19)31-13-20(25)22-12-16-3-2-10-29-16/h4-9,11,16,24H,2-3,10,12-13H2,1H3,(H,22,25). The molecule has 9 nitrogen and oxygen atoms in total. The molecular formula is C21H23N3O6S2. The van der Waals surface area contributed by atoms with E-state index in [1.807, 2.05) is 0 Å². The maximum absolute atomic E-state index is 12.7. The van der Waals surface area contributed by atoms with E-state index in [1.54, 1.807) is 30.3 Å². The van der Waals surface area contributed by atoms with Gasteiger partial charge in [0.05, 0.1) is 23.9 Å². The number of aromatic nitrogens is 1. The summed E-state index contributed by atoms with van der Waals surface area (Å²) in [5, 5.41) is 3.13. The number of nitrogens with zero attached hydrogens (tertiary/aromatic N) is 1. The molecule has 4 rings (SSSR count). The van der Waals surface area contributed by atoms with Crippen LogP contribution >= 0.6 is 11.8 Å².